The third kappa shape index (κ3) is 3.51. The topological polar surface area (TPSA) is 113 Å². The van der Waals surface area contributed by atoms with Crippen LogP contribution >= 0.6 is 0 Å². The third-order valence-electron chi connectivity index (χ3n) is 5.53. The number of aromatic amines is 1. The maximum Gasteiger partial charge on any atom is 0.416 e. The molecule has 2 aromatic heterocycles. The van der Waals surface area contributed by atoms with Crippen molar-refractivity contribution in [2.75, 3.05) is 23.4 Å². The van der Waals surface area contributed by atoms with Crippen LogP contribution in [0.15, 0.2) is 29.1 Å². The number of rotatable bonds is 4. The maximum atomic E-state index is 13.1. The summed E-state index contributed by atoms with van der Waals surface area (Å²) in [6.07, 6.45) is -3.93. The summed E-state index contributed by atoms with van der Waals surface area (Å²) < 4.78 is 44.3. The molecule has 2 fully saturated rings. The Labute approximate surface area is 178 Å². The molecule has 2 N–H and O–H groups in total. The van der Waals surface area contributed by atoms with Crippen LogP contribution in [0.2, 0.25) is 0 Å². The fraction of sp³-hybridized carbons (Fsp3) is 0.350. The number of carbonyl (C=O) groups excluding carboxylic acids is 1. The number of amides is 1. The Bertz CT molecular complexity index is 1300. The number of aryl methyl sites for hydroxylation is 1. The van der Waals surface area contributed by atoms with Crippen molar-refractivity contribution in [1.29, 1.82) is 0 Å². The second-order valence-electron chi connectivity index (χ2n) is 7.79. The van der Waals surface area contributed by atoms with E-state index in [1.165, 1.54) is 17.0 Å². The fourth-order valence-electron chi connectivity index (χ4n) is 3.76. The summed E-state index contributed by atoms with van der Waals surface area (Å²) in [6.45, 7) is 2.17. The first kappa shape index (κ1) is 20.2. The smallest absolute Gasteiger partial charge is 0.416 e. The van der Waals surface area contributed by atoms with Crippen LogP contribution < -0.4 is 15.8 Å². The first-order chi connectivity index (χ1) is 15.1. The number of hydrogen-bond acceptors (Lipinski definition) is 7. The van der Waals surface area contributed by atoms with Gasteiger partial charge in [-0.3, -0.25) is 4.79 Å². The van der Waals surface area contributed by atoms with Crippen molar-refractivity contribution >= 4 is 28.9 Å². The van der Waals surface area contributed by atoms with Crippen LogP contribution in [0.25, 0.3) is 10.9 Å². The Morgan fingerprint density at radius 2 is 1.94 bits per heavy atom. The van der Waals surface area contributed by atoms with Gasteiger partial charge in [0.2, 0.25) is 11.9 Å². The van der Waals surface area contributed by atoms with Crippen LogP contribution in [0.1, 0.15) is 29.8 Å². The van der Waals surface area contributed by atoms with Gasteiger partial charge in [0.15, 0.2) is 0 Å². The molecule has 5 rings (SSSR count). The summed E-state index contributed by atoms with van der Waals surface area (Å²) >= 11 is 0. The largest absolute Gasteiger partial charge is 0.447 e. The standard InChI is InChI=1S/C20H17F3N6O3/c1-10-24-16(27-17(25-10)29-6-7-32-18(29)31)28-19(4-5-19)13-9-11-8-12(20(21,22)23)2-3-14(11)26-15(13)30/h2-3,8-9H,4-7H2,1H3,(H,26,30)(H,24,25,27,28). The Morgan fingerprint density at radius 3 is 2.59 bits per heavy atom. The molecule has 0 spiro atoms. The van der Waals surface area contributed by atoms with Crippen molar-refractivity contribution in [1.82, 2.24) is 19.9 Å². The SMILES string of the molecule is Cc1nc(NC2(c3cc4cc(C(F)(F)F)ccc4[nH]c3=O)CC2)nc(N2CCOC2=O)n1. The minimum absolute atomic E-state index is 0.125. The molecule has 0 bridgehead atoms. The quantitative estimate of drug-likeness (QED) is 0.633. The van der Waals surface area contributed by atoms with Gasteiger partial charge in [-0.05, 0) is 49.4 Å². The molecule has 1 saturated carbocycles. The normalized spacial score (nSPS) is 17.5. The van der Waals surface area contributed by atoms with E-state index < -0.39 is 28.9 Å². The van der Waals surface area contributed by atoms with Crippen molar-refractivity contribution in [3.05, 3.63) is 51.6 Å². The van der Waals surface area contributed by atoms with Gasteiger partial charge in [-0.1, -0.05) is 0 Å². The van der Waals surface area contributed by atoms with Crippen LogP contribution in [0.5, 0.6) is 0 Å². The summed E-state index contributed by atoms with van der Waals surface area (Å²) in [6, 6.07) is 4.65. The molecule has 32 heavy (non-hydrogen) atoms. The maximum absolute atomic E-state index is 13.1. The first-order valence-corrected chi connectivity index (χ1v) is 9.85. The zero-order valence-electron chi connectivity index (χ0n) is 16.8. The number of benzene rings is 1. The number of cyclic esters (lactones) is 1. The monoisotopic (exact) mass is 446 g/mol. The Balaban J connectivity index is 1.51. The molecular formula is C20H17F3N6O3. The summed E-state index contributed by atoms with van der Waals surface area (Å²) in [4.78, 5) is 41.2. The lowest BCUT2D eigenvalue weighted by molar-refractivity contribution is -0.137. The molecule has 1 aliphatic heterocycles. The second-order valence-corrected chi connectivity index (χ2v) is 7.79. The zero-order valence-corrected chi connectivity index (χ0v) is 16.8. The number of nitrogens with one attached hydrogen (secondary N) is 2. The Kier molecular flexibility index (Phi) is 4.36. The summed E-state index contributed by atoms with van der Waals surface area (Å²) in [7, 11) is 0. The van der Waals surface area contributed by atoms with E-state index in [0.29, 0.717) is 36.3 Å². The first-order valence-electron chi connectivity index (χ1n) is 9.85. The summed E-state index contributed by atoms with van der Waals surface area (Å²) in [5.74, 6) is 0.643. The molecular weight excluding hydrogens is 429 g/mol. The zero-order chi connectivity index (χ0) is 22.7. The number of fused-ring (bicyclic) bond motifs is 1. The van der Waals surface area contributed by atoms with E-state index in [2.05, 4.69) is 25.3 Å². The number of nitrogens with zero attached hydrogens (tertiary/aromatic N) is 4. The molecule has 1 amide bonds. The highest BCUT2D eigenvalue weighted by Gasteiger charge is 2.47. The summed E-state index contributed by atoms with van der Waals surface area (Å²) in [5, 5.41) is 3.41. The lowest BCUT2D eigenvalue weighted by Crippen LogP contribution is -2.30. The fourth-order valence-corrected chi connectivity index (χ4v) is 3.76. The van der Waals surface area contributed by atoms with Crippen molar-refractivity contribution in [2.24, 2.45) is 0 Å². The molecule has 0 atom stereocenters. The number of hydrogen-bond donors (Lipinski definition) is 2. The predicted octanol–water partition coefficient (Wildman–Crippen LogP) is 3.10. The van der Waals surface area contributed by atoms with Crippen LogP contribution in [0.3, 0.4) is 0 Å². The average molecular weight is 446 g/mol. The Morgan fingerprint density at radius 1 is 1.16 bits per heavy atom. The number of H-pyrrole nitrogens is 1. The lowest BCUT2D eigenvalue weighted by Gasteiger charge is -2.19. The van der Waals surface area contributed by atoms with Gasteiger partial charge in [-0.2, -0.15) is 28.1 Å². The minimum Gasteiger partial charge on any atom is -0.447 e. The average Bonchev–Trinajstić information content (AvgIpc) is 3.36. The van der Waals surface area contributed by atoms with Crippen LogP contribution in [0, 0.1) is 6.92 Å². The van der Waals surface area contributed by atoms with Crippen molar-refractivity contribution in [3.8, 4) is 0 Å². The Hall–Kier alpha value is -3.70. The number of halogens is 3. The molecule has 166 valence electrons. The van der Waals surface area contributed by atoms with E-state index >= 15 is 0 Å². The highest BCUT2D eigenvalue weighted by atomic mass is 19.4. The molecule has 12 heteroatoms. The van der Waals surface area contributed by atoms with Gasteiger partial charge in [0.05, 0.1) is 17.6 Å². The molecule has 2 aliphatic rings. The number of alkyl halides is 3. The van der Waals surface area contributed by atoms with Crippen molar-refractivity contribution in [2.45, 2.75) is 31.5 Å². The predicted molar refractivity (Wildman–Crippen MR) is 107 cm³/mol. The van der Waals surface area contributed by atoms with E-state index in [1.807, 2.05) is 0 Å². The number of ether oxygens (including phenoxy) is 1. The molecule has 3 aromatic rings. The molecule has 9 nitrogen and oxygen atoms in total. The number of carbonyl (C=O) groups is 1. The molecule has 3 heterocycles. The van der Waals surface area contributed by atoms with Gasteiger partial charge in [0.1, 0.15) is 12.4 Å². The van der Waals surface area contributed by atoms with E-state index in [9.17, 15) is 22.8 Å². The van der Waals surface area contributed by atoms with E-state index in [4.69, 9.17) is 4.74 Å². The highest BCUT2D eigenvalue weighted by molar-refractivity contribution is 5.87. The molecule has 1 aliphatic carbocycles. The van der Waals surface area contributed by atoms with Gasteiger partial charge in [-0.25, -0.2) is 9.69 Å². The third-order valence-corrected chi connectivity index (χ3v) is 5.53. The van der Waals surface area contributed by atoms with E-state index in [0.717, 1.165) is 12.1 Å². The number of aromatic nitrogens is 4. The molecule has 1 saturated heterocycles. The van der Waals surface area contributed by atoms with Gasteiger partial charge < -0.3 is 15.0 Å². The lowest BCUT2D eigenvalue weighted by atomic mass is 10.0. The number of anilines is 2. The summed E-state index contributed by atoms with van der Waals surface area (Å²) in [5.41, 5.74) is -1.42. The number of pyridine rings is 1. The van der Waals surface area contributed by atoms with Crippen LogP contribution in [-0.2, 0) is 16.5 Å². The molecule has 0 radical (unpaired) electrons. The van der Waals surface area contributed by atoms with Crippen LogP contribution in [-0.4, -0.2) is 39.2 Å². The highest BCUT2D eigenvalue weighted by Crippen LogP contribution is 2.47. The van der Waals surface area contributed by atoms with Gasteiger partial charge in [0, 0.05) is 11.1 Å². The van der Waals surface area contributed by atoms with Gasteiger partial charge in [0.25, 0.3) is 5.56 Å². The van der Waals surface area contributed by atoms with Gasteiger partial charge in [-0.15, -0.1) is 0 Å². The van der Waals surface area contributed by atoms with Crippen molar-refractivity contribution < 1.29 is 22.7 Å². The molecule has 0 unspecified atom stereocenters. The van der Waals surface area contributed by atoms with E-state index in [1.54, 1.807) is 6.92 Å². The van der Waals surface area contributed by atoms with Crippen molar-refractivity contribution in [3.63, 3.8) is 0 Å². The van der Waals surface area contributed by atoms with Gasteiger partial charge >= 0.3 is 12.3 Å². The van der Waals surface area contributed by atoms with E-state index in [-0.39, 0.29) is 23.9 Å². The minimum atomic E-state index is -4.49. The van der Waals surface area contributed by atoms with Crippen LogP contribution in [0.4, 0.5) is 29.9 Å². The molecule has 1 aromatic carbocycles. The second kappa shape index (κ2) is 6.90.